The number of aromatic nitrogens is 1. The van der Waals surface area contributed by atoms with Gasteiger partial charge in [0.05, 0.1) is 16.8 Å². The van der Waals surface area contributed by atoms with Crippen LogP contribution >= 0.6 is 23.1 Å². The summed E-state index contributed by atoms with van der Waals surface area (Å²) in [6.07, 6.45) is 2.54. The number of anilines is 1. The molecule has 4 nitrogen and oxygen atoms in total. The first kappa shape index (κ1) is 16.5. The second-order valence-corrected chi connectivity index (χ2v) is 8.66. The highest BCUT2D eigenvalue weighted by atomic mass is 32.2. The molecule has 2 saturated heterocycles. The average molecular weight is 364 g/mol. The Kier molecular flexibility index (Phi) is 5.15. The molecule has 4 rings (SSSR count). The third-order valence-electron chi connectivity index (χ3n) is 4.96. The molecule has 0 spiro atoms. The van der Waals surface area contributed by atoms with E-state index in [1.54, 1.807) is 11.3 Å². The lowest BCUT2D eigenvalue weighted by atomic mass is 10.0. The molecule has 2 aliphatic heterocycles. The van der Waals surface area contributed by atoms with Crippen molar-refractivity contribution < 1.29 is 4.74 Å². The van der Waals surface area contributed by atoms with Gasteiger partial charge < -0.3 is 9.64 Å². The first-order valence-corrected chi connectivity index (χ1v) is 10.9. The van der Waals surface area contributed by atoms with Gasteiger partial charge in [0.2, 0.25) is 0 Å². The monoisotopic (exact) mass is 363 g/mol. The molecule has 3 heterocycles. The fourth-order valence-electron chi connectivity index (χ4n) is 3.65. The van der Waals surface area contributed by atoms with Gasteiger partial charge in [0.25, 0.3) is 0 Å². The number of fused-ring (bicyclic) bond motifs is 1. The average Bonchev–Trinajstić information content (AvgIpc) is 3.06. The summed E-state index contributed by atoms with van der Waals surface area (Å²) in [6, 6.07) is 7.01. The predicted octanol–water partition coefficient (Wildman–Crippen LogP) is 3.71. The predicted molar refractivity (Wildman–Crippen MR) is 105 cm³/mol. The lowest BCUT2D eigenvalue weighted by Gasteiger charge is -2.40. The van der Waals surface area contributed by atoms with E-state index in [0.717, 1.165) is 30.4 Å². The lowest BCUT2D eigenvalue weighted by molar-refractivity contribution is 0.186. The maximum atomic E-state index is 5.61. The Hall–Kier alpha value is -0.980. The Labute approximate surface area is 152 Å². The number of hydrogen-bond donors (Lipinski definition) is 0. The molecule has 2 aromatic rings. The quantitative estimate of drug-likeness (QED) is 0.826. The highest BCUT2D eigenvalue weighted by Crippen LogP contribution is 2.33. The van der Waals surface area contributed by atoms with E-state index in [9.17, 15) is 0 Å². The molecule has 24 heavy (non-hydrogen) atoms. The van der Waals surface area contributed by atoms with E-state index in [1.807, 2.05) is 13.0 Å². The Bertz CT molecular complexity index is 676. The molecule has 0 amide bonds. The Morgan fingerprint density at radius 2 is 1.96 bits per heavy atom. The normalized spacial score (nSPS) is 20.6. The molecule has 0 bridgehead atoms. The summed E-state index contributed by atoms with van der Waals surface area (Å²) in [7, 11) is 0. The van der Waals surface area contributed by atoms with E-state index in [-0.39, 0.29) is 0 Å². The van der Waals surface area contributed by atoms with Gasteiger partial charge in [0, 0.05) is 43.7 Å². The van der Waals surface area contributed by atoms with Crippen molar-refractivity contribution in [1.29, 1.82) is 0 Å². The standard InChI is InChI=1S/C18H25N3OS2/c1-2-22-15-3-4-16-17(13-15)24-18(19-16)21-7-5-14(6-8-21)20-9-11-23-12-10-20/h3-4,13-14H,2,5-12H2,1H3. The number of nitrogens with zero attached hydrogens (tertiary/aromatic N) is 3. The van der Waals surface area contributed by atoms with Gasteiger partial charge in [0.1, 0.15) is 5.75 Å². The molecule has 6 heteroatoms. The summed E-state index contributed by atoms with van der Waals surface area (Å²) in [4.78, 5) is 10.0. The number of thiazole rings is 1. The van der Waals surface area contributed by atoms with Crippen LogP contribution in [0.15, 0.2) is 18.2 Å². The molecular weight excluding hydrogens is 338 g/mol. The molecule has 130 valence electrons. The third kappa shape index (κ3) is 3.51. The van der Waals surface area contributed by atoms with Crippen LogP contribution in [-0.4, -0.2) is 60.2 Å². The molecule has 0 saturated carbocycles. The summed E-state index contributed by atoms with van der Waals surface area (Å²) in [5.41, 5.74) is 1.09. The highest BCUT2D eigenvalue weighted by molar-refractivity contribution is 7.99. The molecular formula is C18H25N3OS2. The zero-order valence-corrected chi connectivity index (χ0v) is 15.9. The summed E-state index contributed by atoms with van der Waals surface area (Å²) in [5, 5.41) is 1.17. The zero-order valence-electron chi connectivity index (χ0n) is 14.2. The van der Waals surface area contributed by atoms with Crippen molar-refractivity contribution in [3.63, 3.8) is 0 Å². The first-order valence-electron chi connectivity index (χ1n) is 8.93. The van der Waals surface area contributed by atoms with Crippen molar-refractivity contribution >= 4 is 38.4 Å². The summed E-state index contributed by atoms with van der Waals surface area (Å²) in [5.74, 6) is 3.56. The zero-order chi connectivity index (χ0) is 16.4. The number of benzene rings is 1. The van der Waals surface area contributed by atoms with Gasteiger partial charge in [-0.3, -0.25) is 4.90 Å². The van der Waals surface area contributed by atoms with E-state index in [1.165, 1.54) is 47.3 Å². The van der Waals surface area contributed by atoms with Crippen LogP contribution in [0.1, 0.15) is 19.8 Å². The van der Waals surface area contributed by atoms with Gasteiger partial charge in [-0.25, -0.2) is 4.98 Å². The van der Waals surface area contributed by atoms with Crippen LogP contribution in [0.3, 0.4) is 0 Å². The van der Waals surface area contributed by atoms with Gasteiger partial charge in [-0.15, -0.1) is 0 Å². The van der Waals surface area contributed by atoms with Crippen molar-refractivity contribution in [3.05, 3.63) is 18.2 Å². The second kappa shape index (κ2) is 7.50. The molecule has 0 radical (unpaired) electrons. The van der Waals surface area contributed by atoms with Gasteiger partial charge in [-0.05, 0) is 38.0 Å². The first-order chi connectivity index (χ1) is 11.8. The SMILES string of the molecule is CCOc1ccc2nc(N3CCC(N4CCSCC4)CC3)sc2c1. The maximum Gasteiger partial charge on any atom is 0.186 e. The molecule has 0 atom stereocenters. The summed E-state index contributed by atoms with van der Waals surface area (Å²) < 4.78 is 6.84. The van der Waals surface area contributed by atoms with Gasteiger partial charge in [-0.2, -0.15) is 11.8 Å². The van der Waals surface area contributed by atoms with Crippen molar-refractivity contribution in [1.82, 2.24) is 9.88 Å². The largest absolute Gasteiger partial charge is 0.494 e. The number of hydrogen-bond acceptors (Lipinski definition) is 6. The third-order valence-corrected chi connectivity index (χ3v) is 6.98. The molecule has 1 aromatic carbocycles. The van der Waals surface area contributed by atoms with Crippen molar-refractivity contribution in [2.24, 2.45) is 0 Å². The van der Waals surface area contributed by atoms with Gasteiger partial charge >= 0.3 is 0 Å². The molecule has 1 aromatic heterocycles. The fraction of sp³-hybridized carbons (Fsp3) is 0.611. The van der Waals surface area contributed by atoms with Gasteiger partial charge in [-0.1, -0.05) is 11.3 Å². The fourth-order valence-corrected chi connectivity index (χ4v) is 5.63. The molecule has 0 unspecified atom stereocenters. The second-order valence-electron chi connectivity index (χ2n) is 6.43. The van der Waals surface area contributed by atoms with Gasteiger partial charge in [0.15, 0.2) is 5.13 Å². The molecule has 2 aliphatic rings. The topological polar surface area (TPSA) is 28.6 Å². The molecule has 0 N–H and O–H groups in total. The van der Waals surface area contributed by atoms with Crippen molar-refractivity contribution in [2.75, 3.05) is 49.2 Å². The van der Waals surface area contributed by atoms with E-state index in [0.29, 0.717) is 6.61 Å². The van der Waals surface area contributed by atoms with E-state index in [4.69, 9.17) is 9.72 Å². The van der Waals surface area contributed by atoms with Crippen LogP contribution in [0.25, 0.3) is 10.2 Å². The van der Waals surface area contributed by atoms with Crippen molar-refractivity contribution in [2.45, 2.75) is 25.8 Å². The van der Waals surface area contributed by atoms with Crippen molar-refractivity contribution in [3.8, 4) is 5.75 Å². The molecule has 0 aliphatic carbocycles. The molecule has 2 fully saturated rings. The Morgan fingerprint density at radius 1 is 1.17 bits per heavy atom. The van der Waals surface area contributed by atoms with Crippen LogP contribution in [0, 0.1) is 0 Å². The van der Waals surface area contributed by atoms with E-state index < -0.39 is 0 Å². The van der Waals surface area contributed by atoms with Crippen LogP contribution in [0.2, 0.25) is 0 Å². The Morgan fingerprint density at radius 3 is 2.71 bits per heavy atom. The van der Waals surface area contributed by atoms with Crippen LogP contribution in [0.4, 0.5) is 5.13 Å². The van der Waals surface area contributed by atoms with E-state index >= 15 is 0 Å². The Balaban J connectivity index is 1.42. The highest BCUT2D eigenvalue weighted by Gasteiger charge is 2.26. The summed E-state index contributed by atoms with van der Waals surface area (Å²) in [6.45, 7) is 7.54. The lowest BCUT2D eigenvalue weighted by Crippen LogP contribution is -2.47. The smallest absolute Gasteiger partial charge is 0.186 e. The summed E-state index contributed by atoms with van der Waals surface area (Å²) >= 11 is 3.89. The van der Waals surface area contributed by atoms with Crippen LogP contribution in [0.5, 0.6) is 5.75 Å². The number of thioether (sulfide) groups is 1. The minimum atomic E-state index is 0.708. The van der Waals surface area contributed by atoms with E-state index in [2.05, 4.69) is 33.7 Å². The van der Waals surface area contributed by atoms with Crippen LogP contribution < -0.4 is 9.64 Å². The minimum absolute atomic E-state index is 0.708. The maximum absolute atomic E-state index is 5.61. The number of rotatable bonds is 4. The minimum Gasteiger partial charge on any atom is -0.494 e. The van der Waals surface area contributed by atoms with Crippen LogP contribution in [-0.2, 0) is 0 Å². The number of piperidine rings is 1. The number of ether oxygens (including phenoxy) is 1.